The van der Waals surface area contributed by atoms with Gasteiger partial charge in [-0.1, -0.05) is 61.1 Å². The second-order valence-corrected chi connectivity index (χ2v) is 13.2. The number of nitro benzene ring substituents is 1. The molecule has 4 aliphatic heterocycles. The number of esters is 2. The van der Waals surface area contributed by atoms with E-state index in [1.807, 2.05) is 19.1 Å². The van der Waals surface area contributed by atoms with Gasteiger partial charge >= 0.3 is 11.9 Å². The largest absolute Gasteiger partial charge is 0.456 e. The maximum atomic E-state index is 13.2. The highest BCUT2D eigenvalue weighted by atomic mass is 16.6. The van der Waals surface area contributed by atoms with Crippen molar-refractivity contribution in [1.82, 2.24) is 0 Å². The van der Waals surface area contributed by atoms with E-state index in [2.05, 4.69) is 19.6 Å². The molecule has 0 aliphatic carbocycles. The van der Waals surface area contributed by atoms with Gasteiger partial charge in [-0.3, -0.25) is 10.1 Å². The average molecular weight is 664 g/mol. The van der Waals surface area contributed by atoms with Gasteiger partial charge < -0.3 is 28.8 Å². The number of carbonyl (C=O) groups excluding carboxylic acids is 2. The monoisotopic (exact) mass is 663 g/mol. The minimum absolute atomic E-state index is 0.0210. The van der Waals surface area contributed by atoms with E-state index >= 15 is 0 Å². The Labute approximate surface area is 281 Å². The Morgan fingerprint density at radius 3 is 2.67 bits per heavy atom. The van der Waals surface area contributed by atoms with E-state index in [4.69, 9.17) is 23.7 Å². The zero-order valence-electron chi connectivity index (χ0n) is 27.5. The van der Waals surface area contributed by atoms with E-state index in [0.717, 1.165) is 18.4 Å². The highest BCUT2D eigenvalue weighted by Crippen LogP contribution is 2.37. The maximum Gasteiger partial charge on any atom is 0.338 e. The van der Waals surface area contributed by atoms with Gasteiger partial charge in [0.05, 0.1) is 41.5 Å². The molecule has 0 aromatic heterocycles. The number of nitro groups is 1. The van der Waals surface area contributed by atoms with Crippen LogP contribution in [0, 0.1) is 16.0 Å². The van der Waals surface area contributed by atoms with Gasteiger partial charge in [0.25, 0.3) is 5.69 Å². The Hall–Kier alpha value is -3.90. The predicted octanol–water partition coefficient (Wildman–Crippen LogP) is 5.88. The number of cyclic esters (lactones) is 1. The summed E-state index contributed by atoms with van der Waals surface area (Å²) in [6, 6.07) is 5.22. The van der Waals surface area contributed by atoms with Crippen LogP contribution in [0.5, 0.6) is 0 Å². The van der Waals surface area contributed by atoms with E-state index in [9.17, 15) is 24.8 Å². The molecule has 1 unspecified atom stereocenters. The van der Waals surface area contributed by atoms with Gasteiger partial charge in [0, 0.05) is 31.1 Å². The minimum atomic E-state index is -1.14. The molecule has 1 aromatic rings. The number of ether oxygens (including phenoxy) is 5. The molecule has 1 aromatic carbocycles. The summed E-state index contributed by atoms with van der Waals surface area (Å²) in [7, 11) is 0. The number of rotatable bonds is 6. The Balaban J connectivity index is 1.35. The molecular formula is C37H45NO10. The summed E-state index contributed by atoms with van der Waals surface area (Å²) >= 11 is 0. The van der Waals surface area contributed by atoms with Crippen molar-refractivity contribution in [3.05, 3.63) is 100 Å². The molecule has 0 radical (unpaired) electrons. The van der Waals surface area contributed by atoms with Crippen LogP contribution in [-0.4, -0.2) is 77.4 Å². The molecule has 4 heterocycles. The van der Waals surface area contributed by atoms with Gasteiger partial charge in [-0.2, -0.15) is 0 Å². The molecule has 1 fully saturated rings. The van der Waals surface area contributed by atoms with Gasteiger partial charge in [-0.25, -0.2) is 9.59 Å². The Bertz CT molecular complexity index is 1450. The van der Waals surface area contributed by atoms with Gasteiger partial charge in [0.15, 0.2) is 0 Å². The quantitative estimate of drug-likeness (QED) is 0.129. The summed E-state index contributed by atoms with van der Waals surface area (Å²) in [6.07, 6.45) is 12.4. The van der Waals surface area contributed by atoms with E-state index in [1.54, 1.807) is 18.2 Å². The Morgan fingerprint density at radius 1 is 1.12 bits per heavy atom. The zero-order valence-corrected chi connectivity index (χ0v) is 27.5. The van der Waals surface area contributed by atoms with Crippen molar-refractivity contribution in [2.45, 2.75) is 108 Å². The van der Waals surface area contributed by atoms with Gasteiger partial charge in [-0.05, 0) is 57.1 Å². The van der Waals surface area contributed by atoms with Crippen LogP contribution in [-0.2, 0) is 28.5 Å². The molecule has 1 N–H and O–H groups in total. The van der Waals surface area contributed by atoms with Crippen molar-refractivity contribution in [3.8, 4) is 0 Å². The SMILES string of the molecule is C=C1CC(OC(=O)c2ccc([N+](=O)[O-])cc2)[C@H]2O[C@@H]2C[C@@H]([C@@H](O)/C=C/[C@@H]2CC(C)=CCO2)OC(=O)/C=C\C[C@@H]2C=CC[C@@H](C[C@@H](C)C1)O2. The van der Waals surface area contributed by atoms with Crippen LogP contribution in [0.4, 0.5) is 5.69 Å². The molecule has 0 spiro atoms. The molecule has 5 rings (SSSR count). The van der Waals surface area contributed by atoms with Crippen molar-refractivity contribution in [2.75, 3.05) is 6.61 Å². The van der Waals surface area contributed by atoms with Gasteiger partial charge in [-0.15, -0.1) is 0 Å². The summed E-state index contributed by atoms with van der Waals surface area (Å²) in [5, 5.41) is 22.3. The lowest BCUT2D eigenvalue weighted by molar-refractivity contribution is -0.384. The Kier molecular flexibility index (Phi) is 12.2. The fourth-order valence-corrected chi connectivity index (χ4v) is 6.46. The highest BCUT2D eigenvalue weighted by molar-refractivity contribution is 5.89. The van der Waals surface area contributed by atoms with Crippen molar-refractivity contribution >= 4 is 17.6 Å². The first-order valence-electron chi connectivity index (χ1n) is 16.6. The van der Waals surface area contributed by atoms with Crippen molar-refractivity contribution in [3.63, 3.8) is 0 Å². The lowest BCUT2D eigenvalue weighted by Crippen LogP contribution is -2.33. The molecule has 0 saturated carbocycles. The van der Waals surface area contributed by atoms with Gasteiger partial charge in [0.1, 0.15) is 24.4 Å². The normalized spacial score (nSPS) is 32.9. The van der Waals surface area contributed by atoms with Crippen LogP contribution in [0.3, 0.4) is 0 Å². The Morgan fingerprint density at radius 2 is 1.92 bits per heavy atom. The van der Waals surface area contributed by atoms with E-state index < -0.39 is 47.4 Å². The fourth-order valence-electron chi connectivity index (χ4n) is 6.46. The highest BCUT2D eigenvalue weighted by Gasteiger charge is 2.49. The topological polar surface area (TPSA) is 147 Å². The van der Waals surface area contributed by atoms with Crippen LogP contribution in [0.25, 0.3) is 0 Å². The lowest BCUT2D eigenvalue weighted by Gasteiger charge is -2.28. The maximum absolute atomic E-state index is 13.2. The first-order valence-corrected chi connectivity index (χ1v) is 16.6. The third-order valence-electron chi connectivity index (χ3n) is 8.99. The number of epoxide rings is 1. The second kappa shape index (κ2) is 16.5. The number of benzene rings is 1. The first kappa shape index (κ1) is 35.4. The summed E-state index contributed by atoms with van der Waals surface area (Å²) in [6.45, 7) is 8.95. The number of carbonyl (C=O) groups is 2. The van der Waals surface area contributed by atoms with Crippen molar-refractivity contribution in [2.24, 2.45) is 5.92 Å². The van der Waals surface area contributed by atoms with Crippen LogP contribution < -0.4 is 0 Å². The number of hydrogen-bond donors (Lipinski definition) is 1. The molecule has 258 valence electrons. The average Bonchev–Trinajstić information content (AvgIpc) is 3.82. The molecule has 1 saturated heterocycles. The smallest absolute Gasteiger partial charge is 0.338 e. The van der Waals surface area contributed by atoms with Crippen molar-refractivity contribution < 1.29 is 43.3 Å². The van der Waals surface area contributed by atoms with Crippen LogP contribution >= 0.6 is 0 Å². The molecular weight excluding hydrogens is 618 g/mol. The number of aliphatic hydroxyl groups excluding tert-OH is 1. The molecule has 9 atom stereocenters. The summed E-state index contributed by atoms with van der Waals surface area (Å²) < 4.78 is 29.8. The van der Waals surface area contributed by atoms with Crippen LogP contribution in [0.15, 0.2) is 84.5 Å². The predicted molar refractivity (Wildman–Crippen MR) is 177 cm³/mol. The first-order chi connectivity index (χ1) is 23.0. The van der Waals surface area contributed by atoms with E-state index in [1.165, 1.54) is 35.9 Å². The van der Waals surface area contributed by atoms with Crippen LogP contribution in [0.2, 0.25) is 0 Å². The fraction of sp³-hybridized carbons (Fsp3) is 0.514. The number of non-ortho nitro benzene ring substituents is 1. The molecule has 4 aliphatic rings. The van der Waals surface area contributed by atoms with E-state index in [-0.39, 0.29) is 41.9 Å². The molecule has 11 nitrogen and oxygen atoms in total. The standard InChI is InChI=1S/C37H45NO10/c1-23-16-17-44-29(19-23)14-15-31(39)32-22-34-36(47-34)33(48-37(41)26-10-12-27(13-11-26)38(42)43)21-25(3)18-24(2)20-30-8-4-6-28(45-30)7-5-9-35(40)46-32/h4-6,9-16,24,28-34,36,39H,3,7-8,17-22H2,1-2H3/b9-5-,15-14+/t24-,28-,29+,30-,31-,32-,33?,34+,36+/m0/s1. The molecule has 0 amide bonds. The van der Waals surface area contributed by atoms with Gasteiger partial charge in [0.2, 0.25) is 0 Å². The molecule has 11 heteroatoms. The zero-order chi connectivity index (χ0) is 34.2. The third kappa shape index (κ3) is 10.3. The number of hydrogen-bond acceptors (Lipinski definition) is 10. The molecule has 2 bridgehead atoms. The van der Waals surface area contributed by atoms with Crippen molar-refractivity contribution in [1.29, 1.82) is 0 Å². The summed E-state index contributed by atoms with van der Waals surface area (Å²) in [5.41, 5.74) is 2.11. The lowest BCUT2D eigenvalue weighted by atomic mass is 9.90. The van der Waals surface area contributed by atoms with E-state index in [0.29, 0.717) is 32.3 Å². The molecule has 48 heavy (non-hydrogen) atoms. The third-order valence-corrected chi connectivity index (χ3v) is 8.99. The summed E-state index contributed by atoms with van der Waals surface area (Å²) in [4.78, 5) is 36.7. The number of aliphatic hydroxyl groups is 1. The number of fused-ring (bicyclic) bond motifs is 3. The van der Waals surface area contributed by atoms with Crippen LogP contribution in [0.1, 0.15) is 69.2 Å². The second-order valence-electron chi connectivity index (χ2n) is 13.2. The number of nitrogens with zero attached hydrogens (tertiary/aromatic N) is 1. The minimum Gasteiger partial charge on any atom is -0.456 e. The summed E-state index contributed by atoms with van der Waals surface area (Å²) in [5.74, 6) is -0.994.